The molecule has 0 amide bonds. The SMILES string of the molecule is Cc1ccc2c(CO[N+](=O)[O-])c(-c3ccc(O)cc3)sc2c1. The summed E-state index contributed by atoms with van der Waals surface area (Å²) in [7, 11) is 0. The molecule has 2 aromatic carbocycles. The van der Waals surface area contributed by atoms with Crippen LogP contribution in [0.25, 0.3) is 20.5 Å². The zero-order valence-corrected chi connectivity index (χ0v) is 12.6. The van der Waals surface area contributed by atoms with Gasteiger partial charge in [0.05, 0.1) is 0 Å². The average Bonchev–Trinajstić information content (AvgIpc) is 2.83. The van der Waals surface area contributed by atoms with Crippen LogP contribution in [-0.2, 0) is 11.4 Å². The first kappa shape index (κ1) is 14.3. The summed E-state index contributed by atoms with van der Waals surface area (Å²) in [5.74, 6) is 0.184. The molecule has 6 heteroatoms. The van der Waals surface area contributed by atoms with Crippen LogP contribution in [-0.4, -0.2) is 10.2 Å². The summed E-state index contributed by atoms with van der Waals surface area (Å²) >= 11 is 1.56. The van der Waals surface area contributed by atoms with E-state index in [1.807, 2.05) is 19.1 Å². The highest BCUT2D eigenvalue weighted by Gasteiger charge is 2.15. The van der Waals surface area contributed by atoms with Crippen molar-refractivity contribution in [1.82, 2.24) is 0 Å². The van der Waals surface area contributed by atoms with Gasteiger partial charge in [0.1, 0.15) is 12.4 Å². The summed E-state index contributed by atoms with van der Waals surface area (Å²) in [5.41, 5.74) is 2.83. The smallest absolute Gasteiger partial charge is 0.294 e. The molecule has 0 bridgehead atoms. The molecular formula is C16H13NO4S. The Hall–Kier alpha value is -2.60. The van der Waals surface area contributed by atoms with Gasteiger partial charge in [0.2, 0.25) is 0 Å². The highest BCUT2D eigenvalue weighted by Crippen LogP contribution is 2.39. The van der Waals surface area contributed by atoms with Crippen LogP contribution in [0.15, 0.2) is 42.5 Å². The molecule has 0 atom stereocenters. The Morgan fingerprint density at radius 1 is 1.23 bits per heavy atom. The first-order valence-electron chi connectivity index (χ1n) is 6.63. The number of fused-ring (bicyclic) bond motifs is 1. The third-order valence-corrected chi connectivity index (χ3v) is 4.64. The van der Waals surface area contributed by atoms with Crippen molar-refractivity contribution in [1.29, 1.82) is 0 Å². The molecule has 0 aliphatic rings. The topological polar surface area (TPSA) is 72.6 Å². The molecule has 0 radical (unpaired) electrons. The molecule has 5 nitrogen and oxygen atoms in total. The average molecular weight is 315 g/mol. The normalized spacial score (nSPS) is 10.8. The zero-order chi connectivity index (χ0) is 15.7. The molecule has 112 valence electrons. The lowest BCUT2D eigenvalue weighted by Crippen LogP contribution is -2.00. The van der Waals surface area contributed by atoms with Crippen LogP contribution in [0.5, 0.6) is 5.75 Å². The summed E-state index contributed by atoms with van der Waals surface area (Å²) in [4.78, 5) is 16.0. The number of benzene rings is 2. The maximum atomic E-state index is 10.5. The molecule has 0 aliphatic carbocycles. The number of aryl methyl sites for hydroxylation is 1. The molecule has 0 saturated heterocycles. The minimum Gasteiger partial charge on any atom is -0.508 e. The molecule has 22 heavy (non-hydrogen) atoms. The Kier molecular flexibility index (Phi) is 3.68. The fourth-order valence-corrected chi connectivity index (χ4v) is 3.68. The van der Waals surface area contributed by atoms with Crippen molar-refractivity contribution in [3.05, 3.63) is 63.7 Å². The predicted octanol–water partition coefficient (Wildman–Crippen LogP) is 4.29. The summed E-state index contributed by atoms with van der Waals surface area (Å²) in [6.07, 6.45) is 0. The number of rotatable bonds is 4. The minimum absolute atomic E-state index is 0.0910. The first-order valence-corrected chi connectivity index (χ1v) is 7.45. The molecule has 1 N–H and O–H groups in total. The van der Waals surface area contributed by atoms with Gasteiger partial charge in [-0.1, -0.05) is 12.1 Å². The monoisotopic (exact) mass is 315 g/mol. The van der Waals surface area contributed by atoms with E-state index in [0.717, 1.165) is 31.7 Å². The third kappa shape index (κ3) is 2.73. The number of hydrogen-bond acceptors (Lipinski definition) is 5. The van der Waals surface area contributed by atoms with Crippen molar-refractivity contribution in [2.75, 3.05) is 0 Å². The number of hydrogen-bond donors (Lipinski definition) is 1. The Bertz CT molecular complexity index is 839. The first-order chi connectivity index (χ1) is 10.5. The van der Waals surface area contributed by atoms with E-state index < -0.39 is 5.09 Å². The van der Waals surface area contributed by atoms with Gasteiger partial charge in [-0.3, -0.25) is 0 Å². The van der Waals surface area contributed by atoms with Crippen LogP contribution >= 0.6 is 11.3 Å². The van der Waals surface area contributed by atoms with E-state index in [1.165, 1.54) is 0 Å². The van der Waals surface area contributed by atoms with Crippen LogP contribution in [0.1, 0.15) is 11.1 Å². The zero-order valence-electron chi connectivity index (χ0n) is 11.8. The van der Waals surface area contributed by atoms with Gasteiger partial charge in [0, 0.05) is 15.1 Å². The van der Waals surface area contributed by atoms with Gasteiger partial charge in [-0.15, -0.1) is 21.5 Å². The van der Waals surface area contributed by atoms with Crippen LogP contribution in [0.4, 0.5) is 0 Å². The summed E-state index contributed by atoms with van der Waals surface area (Å²) < 4.78 is 1.06. The molecule has 1 aromatic heterocycles. The minimum atomic E-state index is -0.779. The number of nitrogens with zero attached hydrogens (tertiary/aromatic N) is 1. The maximum Gasteiger partial charge on any atom is 0.294 e. The number of phenols is 1. The molecule has 0 aliphatic heterocycles. The summed E-state index contributed by atoms with van der Waals surface area (Å²) in [6, 6.07) is 12.8. The molecule has 0 fully saturated rings. The lowest BCUT2D eigenvalue weighted by molar-refractivity contribution is -0.762. The van der Waals surface area contributed by atoms with Gasteiger partial charge < -0.3 is 9.94 Å². The highest BCUT2D eigenvalue weighted by atomic mass is 32.1. The predicted molar refractivity (Wildman–Crippen MR) is 85.4 cm³/mol. The van der Waals surface area contributed by atoms with E-state index in [4.69, 9.17) is 0 Å². The van der Waals surface area contributed by atoms with Crippen molar-refractivity contribution in [2.24, 2.45) is 0 Å². The molecule has 3 rings (SSSR count). The summed E-state index contributed by atoms with van der Waals surface area (Å²) in [6.45, 7) is 1.92. The summed E-state index contributed by atoms with van der Waals surface area (Å²) in [5, 5.41) is 20.1. The van der Waals surface area contributed by atoms with Gasteiger partial charge in [-0.05, 0) is 53.8 Å². The van der Waals surface area contributed by atoms with Crippen LogP contribution in [0.3, 0.4) is 0 Å². The quantitative estimate of drug-likeness (QED) is 0.576. The van der Waals surface area contributed by atoms with Crippen molar-refractivity contribution in [2.45, 2.75) is 13.5 Å². The lowest BCUT2D eigenvalue weighted by atomic mass is 10.1. The van der Waals surface area contributed by atoms with Crippen LogP contribution in [0, 0.1) is 17.0 Å². The highest BCUT2D eigenvalue weighted by molar-refractivity contribution is 7.22. The van der Waals surface area contributed by atoms with E-state index in [0.29, 0.717) is 0 Å². The molecular weight excluding hydrogens is 302 g/mol. The molecule has 0 spiro atoms. The molecule has 1 heterocycles. The van der Waals surface area contributed by atoms with E-state index in [9.17, 15) is 15.2 Å². The van der Waals surface area contributed by atoms with Gasteiger partial charge in [-0.2, -0.15) is 0 Å². The Labute approximate surface area is 130 Å². The van der Waals surface area contributed by atoms with E-state index >= 15 is 0 Å². The second kappa shape index (κ2) is 5.65. The number of phenolic OH excluding ortho intramolecular Hbond substituents is 1. The number of thiophene rings is 1. The second-order valence-electron chi connectivity index (χ2n) is 4.95. The molecule has 3 aromatic rings. The van der Waals surface area contributed by atoms with Crippen molar-refractivity contribution >= 4 is 21.4 Å². The fourth-order valence-electron chi connectivity index (χ4n) is 2.36. The van der Waals surface area contributed by atoms with Gasteiger partial charge >= 0.3 is 0 Å². The Balaban J connectivity index is 2.16. The van der Waals surface area contributed by atoms with Crippen LogP contribution in [0.2, 0.25) is 0 Å². The van der Waals surface area contributed by atoms with Crippen molar-refractivity contribution in [3.63, 3.8) is 0 Å². The van der Waals surface area contributed by atoms with Crippen molar-refractivity contribution < 1.29 is 15.0 Å². The lowest BCUT2D eigenvalue weighted by Gasteiger charge is -2.04. The van der Waals surface area contributed by atoms with Crippen molar-refractivity contribution in [3.8, 4) is 16.2 Å². The Morgan fingerprint density at radius 2 is 1.95 bits per heavy atom. The van der Waals surface area contributed by atoms with Gasteiger partial charge in [-0.25, -0.2) is 0 Å². The fraction of sp³-hybridized carbons (Fsp3) is 0.125. The maximum absolute atomic E-state index is 10.5. The van der Waals surface area contributed by atoms with E-state index in [2.05, 4.69) is 10.9 Å². The Morgan fingerprint density at radius 3 is 2.64 bits per heavy atom. The van der Waals surface area contributed by atoms with E-state index in [-0.39, 0.29) is 12.4 Å². The second-order valence-corrected chi connectivity index (χ2v) is 6.01. The van der Waals surface area contributed by atoms with E-state index in [1.54, 1.807) is 35.6 Å². The molecule has 0 unspecified atom stereocenters. The standard InChI is InChI=1S/C16H13NO4S/c1-10-2-7-13-14(9-21-17(19)20)16(22-15(13)8-10)11-3-5-12(18)6-4-11/h2-8,18H,9H2,1H3. The third-order valence-electron chi connectivity index (χ3n) is 3.39. The molecule has 0 saturated carbocycles. The van der Waals surface area contributed by atoms with Crippen LogP contribution < -0.4 is 0 Å². The largest absolute Gasteiger partial charge is 0.508 e. The number of aromatic hydroxyl groups is 1. The van der Waals surface area contributed by atoms with Gasteiger partial charge in [0.15, 0.2) is 0 Å². The van der Waals surface area contributed by atoms with Gasteiger partial charge in [0.25, 0.3) is 5.09 Å².